The molecule has 0 spiro atoms. The Bertz CT molecular complexity index is 1130. The Hall–Kier alpha value is -3.29. The molecule has 3 aromatic rings. The van der Waals surface area contributed by atoms with Crippen molar-refractivity contribution >= 4 is 11.7 Å². The number of nitrogens with zero attached hydrogens (tertiary/aromatic N) is 6. The van der Waals surface area contributed by atoms with Crippen LogP contribution in [0.4, 0.5) is 5.82 Å². The van der Waals surface area contributed by atoms with E-state index in [0.717, 1.165) is 62.5 Å². The minimum atomic E-state index is -0.115. The highest BCUT2D eigenvalue weighted by Gasteiger charge is 2.33. The summed E-state index contributed by atoms with van der Waals surface area (Å²) in [4.78, 5) is 27.5. The fourth-order valence-electron chi connectivity index (χ4n) is 4.97. The summed E-state index contributed by atoms with van der Waals surface area (Å²) in [5, 5.41) is 7.71. The molecule has 2 aromatic heterocycles. The molecule has 2 aliphatic rings. The lowest BCUT2D eigenvalue weighted by Crippen LogP contribution is -2.41. The maximum Gasteiger partial charge on any atom is 0.229 e. The van der Waals surface area contributed by atoms with Gasteiger partial charge in [0, 0.05) is 30.9 Å². The third-order valence-electron chi connectivity index (χ3n) is 6.77. The van der Waals surface area contributed by atoms with Gasteiger partial charge in [0.25, 0.3) is 0 Å². The van der Waals surface area contributed by atoms with Crippen LogP contribution in [0, 0.1) is 13.8 Å². The van der Waals surface area contributed by atoms with Crippen LogP contribution in [0.2, 0.25) is 0 Å². The molecular formula is C25H30N6O2. The Labute approximate surface area is 194 Å². The molecule has 8 nitrogen and oxygen atoms in total. The molecule has 2 aliphatic heterocycles. The third-order valence-corrected chi connectivity index (χ3v) is 6.77. The molecule has 0 bridgehead atoms. The van der Waals surface area contributed by atoms with Gasteiger partial charge in [0.1, 0.15) is 17.2 Å². The van der Waals surface area contributed by atoms with Crippen LogP contribution in [0.15, 0.2) is 35.0 Å². The number of aromatic nitrogens is 4. The van der Waals surface area contributed by atoms with Gasteiger partial charge in [-0.1, -0.05) is 40.6 Å². The Kier molecular flexibility index (Phi) is 6.07. The van der Waals surface area contributed by atoms with Crippen LogP contribution in [0.5, 0.6) is 0 Å². The maximum absolute atomic E-state index is 13.2. The second-order valence-corrected chi connectivity index (χ2v) is 9.05. The minimum Gasteiger partial charge on any atom is -0.352 e. The van der Waals surface area contributed by atoms with Crippen molar-refractivity contribution in [2.24, 2.45) is 0 Å². The van der Waals surface area contributed by atoms with Gasteiger partial charge in [0.2, 0.25) is 5.91 Å². The molecule has 1 amide bonds. The van der Waals surface area contributed by atoms with Gasteiger partial charge in [-0.3, -0.25) is 4.79 Å². The molecule has 0 radical (unpaired) electrons. The topological polar surface area (TPSA) is 88.2 Å². The summed E-state index contributed by atoms with van der Waals surface area (Å²) in [7, 11) is 0. The van der Waals surface area contributed by atoms with E-state index in [1.54, 1.807) is 0 Å². The fraction of sp³-hybridized carbons (Fsp3) is 0.480. The molecule has 1 unspecified atom stereocenters. The number of amides is 1. The molecule has 5 rings (SSSR count). The zero-order valence-electron chi connectivity index (χ0n) is 19.3. The third kappa shape index (κ3) is 4.47. The van der Waals surface area contributed by atoms with E-state index in [1.807, 2.05) is 17.9 Å². The van der Waals surface area contributed by atoms with Crippen molar-refractivity contribution in [1.29, 1.82) is 0 Å². The van der Waals surface area contributed by atoms with E-state index >= 15 is 0 Å². The number of carbonyl (C=O) groups excluding carboxylic acids is 1. The van der Waals surface area contributed by atoms with Gasteiger partial charge >= 0.3 is 0 Å². The van der Waals surface area contributed by atoms with Crippen LogP contribution in [-0.2, 0) is 24.2 Å². The van der Waals surface area contributed by atoms with E-state index in [0.29, 0.717) is 17.9 Å². The lowest BCUT2D eigenvalue weighted by molar-refractivity contribution is -0.134. The van der Waals surface area contributed by atoms with Gasteiger partial charge in [0.05, 0.1) is 12.5 Å². The predicted octanol–water partition coefficient (Wildman–Crippen LogP) is 3.73. The van der Waals surface area contributed by atoms with Crippen molar-refractivity contribution in [1.82, 2.24) is 25.2 Å². The number of piperidine rings is 1. The van der Waals surface area contributed by atoms with Crippen molar-refractivity contribution in [2.45, 2.75) is 65.0 Å². The minimum absolute atomic E-state index is 0.0265. The first-order valence-electron chi connectivity index (χ1n) is 11.8. The highest BCUT2D eigenvalue weighted by molar-refractivity contribution is 5.79. The molecule has 0 saturated carbocycles. The first-order valence-corrected chi connectivity index (χ1v) is 11.8. The SMILES string of the molecule is Cc1nonc1CC(=O)N1CCCCC1c1nc(C)c2c(n1)N(Cc1ccccc1)CCC2. The van der Waals surface area contributed by atoms with E-state index in [1.165, 1.54) is 11.1 Å². The summed E-state index contributed by atoms with van der Waals surface area (Å²) in [5.74, 6) is 1.81. The van der Waals surface area contributed by atoms with Gasteiger partial charge < -0.3 is 9.80 Å². The molecule has 1 aromatic carbocycles. The smallest absolute Gasteiger partial charge is 0.229 e. The molecule has 4 heterocycles. The van der Waals surface area contributed by atoms with E-state index < -0.39 is 0 Å². The molecule has 1 atom stereocenters. The van der Waals surface area contributed by atoms with Crippen molar-refractivity contribution in [3.05, 3.63) is 64.4 Å². The van der Waals surface area contributed by atoms with Gasteiger partial charge in [-0.05, 0) is 51.5 Å². The number of hydrogen-bond acceptors (Lipinski definition) is 7. The normalized spacial score (nSPS) is 18.3. The largest absolute Gasteiger partial charge is 0.352 e. The molecule has 1 fully saturated rings. The van der Waals surface area contributed by atoms with Crippen molar-refractivity contribution < 1.29 is 9.42 Å². The number of rotatable bonds is 5. The Morgan fingerprint density at radius 3 is 2.67 bits per heavy atom. The number of anilines is 1. The quantitative estimate of drug-likeness (QED) is 0.590. The Balaban J connectivity index is 1.44. The van der Waals surface area contributed by atoms with Crippen LogP contribution in [0.3, 0.4) is 0 Å². The van der Waals surface area contributed by atoms with Crippen molar-refractivity contribution in [3.63, 3.8) is 0 Å². The number of benzene rings is 1. The zero-order valence-corrected chi connectivity index (χ0v) is 19.3. The highest BCUT2D eigenvalue weighted by atomic mass is 16.6. The molecule has 0 N–H and O–H groups in total. The van der Waals surface area contributed by atoms with Crippen LogP contribution < -0.4 is 4.90 Å². The monoisotopic (exact) mass is 446 g/mol. The van der Waals surface area contributed by atoms with Crippen molar-refractivity contribution in [2.75, 3.05) is 18.0 Å². The van der Waals surface area contributed by atoms with E-state index in [-0.39, 0.29) is 18.4 Å². The predicted molar refractivity (Wildman–Crippen MR) is 124 cm³/mol. The number of likely N-dealkylation sites (tertiary alicyclic amines) is 1. The number of fused-ring (bicyclic) bond motifs is 1. The van der Waals surface area contributed by atoms with Crippen LogP contribution >= 0.6 is 0 Å². The number of hydrogen-bond donors (Lipinski definition) is 0. The fourth-order valence-corrected chi connectivity index (χ4v) is 4.97. The molecule has 8 heteroatoms. The van der Waals surface area contributed by atoms with Crippen LogP contribution in [0.25, 0.3) is 0 Å². The molecule has 33 heavy (non-hydrogen) atoms. The summed E-state index contributed by atoms with van der Waals surface area (Å²) in [5.41, 5.74) is 4.80. The van der Waals surface area contributed by atoms with Gasteiger partial charge in [-0.2, -0.15) is 0 Å². The lowest BCUT2D eigenvalue weighted by atomic mass is 9.98. The summed E-state index contributed by atoms with van der Waals surface area (Å²) in [6, 6.07) is 10.4. The van der Waals surface area contributed by atoms with Crippen LogP contribution in [-0.4, -0.2) is 44.2 Å². The first-order chi connectivity index (χ1) is 16.1. The summed E-state index contributed by atoms with van der Waals surface area (Å²) < 4.78 is 4.78. The van der Waals surface area contributed by atoms with Crippen molar-refractivity contribution in [3.8, 4) is 0 Å². The number of aryl methyl sites for hydroxylation is 2. The Morgan fingerprint density at radius 1 is 1.03 bits per heavy atom. The average molecular weight is 447 g/mol. The van der Waals surface area contributed by atoms with E-state index in [9.17, 15) is 4.79 Å². The maximum atomic E-state index is 13.2. The summed E-state index contributed by atoms with van der Waals surface area (Å²) >= 11 is 0. The molecular weight excluding hydrogens is 416 g/mol. The molecule has 1 saturated heterocycles. The molecule has 172 valence electrons. The van der Waals surface area contributed by atoms with Gasteiger partial charge in [-0.15, -0.1) is 0 Å². The highest BCUT2D eigenvalue weighted by Crippen LogP contribution is 2.34. The lowest BCUT2D eigenvalue weighted by Gasteiger charge is -2.36. The van der Waals surface area contributed by atoms with E-state index in [2.05, 4.69) is 46.4 Å². The zero-order chi connectivity index (χ0) is 22.8. The van der Waals surface area contributed by atoms with Crippen LogP contribution in [0.1, 0.15) is 65.8 Å². The second kappa shape index (κ2) is 9.29. The Morgan fingerprint density at radius 2 is 1.88 bits per heavy atom. The van der Waals surface area contributed by atoms with E-state index in [4.69, 9.17) is 14.6 Å². The molecule has 0 aliphatic carbocycles. The first kappa shape index (κ1) is 21.6. The summed E-state index contributed by atoms with van der Waals surface area (Å²) in [6.07, 6.45) is 5.21. The average Bonchev–Trinajstić information content (AvgIpc) is 3.24. The van der Waals surface area contributed by atoms with Gasteiger partial charge in [0.15, 0.2) is 5.82 Å². The second-order valence-electron chi connectivity index (χ2n) is 9.05. The summed E-state index contributed by atoms with van der Waals surface area (Å²) in [6.45, 7) is 6.40. The standard InChI is InChI=1S/C25H30N6O2/c1-17-20-11-8-13-30(16-19-9-4-3-5-10-19)25(20)27-24(26-17)22-12-6-7-14-31(22)23(32)15-21-18(2)28-33-29-21/h3-5,9-10,22H,6-8,11-16H2,1-2H3. The van der Waals surface area contributed by atoms with Gasteiger partial charge in [-0.25, -0.2) is 14.6 Å². The number of carbonyl (C=O) groups is 1.